The number of rotatable bonds is 3. The highest BCUT2D eigenvalue weighted by Crippen LogP contribution is 2.54. The van der Waals surface area contributed by atoms with Gasteiger partial charge in [0.15, 0.2) is 11.5 Å². The summed E-state index contributed by atoms with van der Waals surface area (Å²) < 4.78 is 17.7. The lowest BCUT2D eigenvalue weighted by atomic mass is 9.83. The molecule has 0 unspecified atom stereocenters. The van der Waals surface area contributed by atoms with Crippen molar-refractivity contribution in [2.45, 2.75) is 26.3 Å². The number of anilines is 1. The summed E-state index contributed by atoms with van der Waals surface area (Å²) in [6.07, 6.45) is 5.43. The third-order valence-electron chi connectivity index (χ3n) is 6.27. The van der Waals surface area contributed by atoms with Crippen LogP contribution in [0.4, 0.5) is 5.69 Å². The second-order valence-corrected chi connectivity index (χ2v) is 9.58. The molecular weight excluding hydrogens is 444 g/mol. The molecule has 5 rings (SSSR count). The number of ether oxygens (including phenoxy) is 2. The average Bonchev–Trinajstić information content (AvgIpc) is 3.25. The van der Waals surface area contributed by atoms with Crippen LogP contribution in [-0.4, -0.2) is 42.7 Å². The number of carbonyl (C=O) groups is 1. The predicted molar refractivity (Wildman–Crippen MR) is 137 cm³/mol. The van der Waals surface area contributed by atoms with Gasteiger partial charge in [-0.3, -0.25) is 4.79 Å². The smallest absolute Gasteiger partial charge is 0.257 e. The van der Waals surface area contributed by atoms with Crippen LogP contribution in [0, 0.1) is 0 Å². The molecule has 7 nitrogen and oxygen atoms in total. The van der Waals surface area contributed by atoms with Crippen LogP contribution >= 0.6 is 0 Å². The molecule has 0 bridgehead atoms. The monoisotopic (exact) mass is 472 g/mol. The number of allylic oxidation sites excluding steroid dienone is 1. The molecule has 0 saturated carbocycles. The first-order valence-electron chi connectivity index (χ1n) is 11.4. The number of phenolic OH excluding ortho intramolecular Hbond substituents is 1. The van der Waals surface area contributed by atoms with E-state index in [0.29, 0.717) is 34.1 Å². The van der Waals surface area contributed by atoms with Crippen LogP contribution in [0.15, 0.2) is 47.1 Å². The molecule has 1 amide bonds. The number of aromatic hydroxyl groups is 1. The molecule has 1 aromatic heterocycles. The molecule has 3 aromatic rings. The van der Waals surface area contributed by atoms with Crippen LogP contribution in [-0.2, 0) is 0 Å². The lowest BCUT2D eigenvalue weighted by molar-refractivity contribution is 0.0826. The fourth-order valence-electron chi connectivity index (χ4n) is 4.92. The number of fused-ring (bicyclic) bond motifs is 5. The molecule has 35 heavy (non-hydrogen) atoms. The molecule has 0 spiro atoms. The second-order valence-electron chi connectivity index (χ2n) is 9.58. The van der Waals surface area contributed by atoms with Gasteiger partial charge in [0, 0.05) is 42.5 Å². The Kier molecular flexibility index (Phi) is 5.16. The van der Waals surface area contributed by atoms with Gasteiger partial charge < -0.3 is 29.2 Å². The van der Waals surface area contributed by atoms with Crippen LogP contribution in [0.25, 0.3) is 28.5 Å². The molecular formula is C28H28N2O5. The number of nitrogens with zero attached hydrogens (tertiary/aromatic N) is 1. The summed E-state index contributed by atoms with van der Waals surface area (Å²) in [5.41, 5.74) is 5.61. The summed E-state index contributed by atoms with van der Waals surface area (Å²) >= 11 is 0. The van der Waals surface area contributed by atoms with E-state index in [1.807, 2.05) is 12.1 Å². The lowest BCUT2D eigenvalue weighted by Gasteiger charge is -2.35. The van der Waals surface area contributed by atoms with E-state index in [9.17, 15) is 9.90 Å². The zero-order valence-corrected chi connectivity index (χ0v) is 20.6. The van der Waals surface area contributed by atoms with Crippen LogP contribution < -0.4 is 14.8 Å². The van der Waals surface area contributed by atoms with Crippen molar-refractivity contribution in [1.82, 2.24) is 4.90 Å². The van der Waals surface area contributed by atoms with E-state index < -0.39 is 0 Å². The number of carbonyl (C=O) groups excluding carboxylic acids is 1. The normalized spacial score (nSPS) is 16.3. The number of furan rings is 1. The molecule has 2 aromatic carbocycles. The van der Waals surface area contributed by atoms with E-state index >= 15 is 0 Å². The van der Waals surface area contributed by atoms with Crippen molar-refractivity contribution in [3.63, 3.8) is 0 Å². The molecule has 0 radical (unpaired) electrons. The van der Waals surface area contributed by atoms with Crippen LogP contribution in [0.3, 0.4) is 0 Å². The van der Waals surface area contributed by atoms with Crippen molar-refractivity contribution in [2.24, 2.45) is 0 Å². The van der Waals surface area contributed by atoms with Gasteiger partial charge in [0.25, 0.3) is 5.91 Å². The topological polar surface area (TPSA) is 84.2 Å². The van der Waals surface area contributed by atoms with Gasteiger partial charge in [0.1, 0.15) is 17.3 Å². The number of hydrogen-bond donors (Lipinski definition) is 2. The minimum atomic E-state index is -0.217. The summed E-state index contributed by atoms with van der Waals surface area (Å²) in [5.74, 6) is 1.69. The predicted octanol–water partition coefficient (Wildman–Crippen LogP) is 5.86. The maximum atomic E-state index is 12.7. The Morgan fingerprint density at radius 1 is 1.11 bits per heavy atom. The number of benzene rings is 2. The summed E-state index contributed by atoms with van der Waals surface area (Å²) in [6, 6.07) is 8.95. The van der Waals surface area contributed by atoms with Crippen molar-refractivity contribution in [3.05, 3.63) is 65.1 Å². The fraction of sp³-hybridized carbons (Fsp3) is 0.250. The molecule has 7 heteroatoms. The number of amides is 1. The van der Waals surface area contributed by atoms with E-state index in [1.165, 1.54) is 18.3 Å². The van der Waals surface area contributed by atoms with Crippen molar-refractivity contribution < 1.29 is 23.8 Å². The first-order valence-corrected chi connectivity index (χ1v) is 11.4. The number of phenols is 1. The molecule has 2 N–H and O–H groups in total. The van der Waals surface area contributed by atoms with Crippen molar-refractivity contribution in [1.29, 1.82) is 0 Å². The molecule has 2 aliphatic rings. The largest absolute Gasteiger partial charge is 0.504 e. The van der Waals surface area contributed by atoms with Crippen LogP contribution in [0.2, 0.25) is 0 Å². The van der Waals surface area contributed by atoms with Gasteiger partial charge in [0.05, 0.1) is 30.0 Å². The SMILES string of the molecule is COc1c(O)ccc2c1-c1ccc3c(c1C(=Cc1occc1C(=O)N(C)C)O2)C(C)=CC(C)(C)N3. The summed E-state index contributed by atoms with van der Waals surface area (Å²) in [4.78, 5) is 14.2. The Bertz CT molecular complexity index is 1430. The minimum absolute atomic E-state index is 0.0300. The molecule has 180 valence electrons. The third kappa shape index (κ3) is 3.64. The zero-order chi connectivity index (χ0) is 25.1. The van der Waals surface area contributed by atoms with E-state index in [-0.39, 0.29) is 17.2 Å². The van der Waals surface area contributed by atoms with Crippen LogP contribution in [0.1, 0.15) is 48.0 Å². The van der Waals surface area contributed by atoms with E-state index in [4.69, 9.17) is 13.9 Å². The molecule has 0 atom stereocenters. The summed E-state index contributed by atoms with van der Waals surface area (Å²) in [5, 5.41) is 14.1. The van der Waals surface area contributed by atoms with Gasteiger partial charge in [-0.2, -0.15) is 0 Å². The van der Waals surface area contributed by atoms with Gasteiger partial charge in [0.2, 0.25) is 0 Å². The van der Waals surface area contributed by atoms with Gasteiger partial charge in [-0.1, -0.05) is 12.1 Å². The Morgan fingerprint density at radius 2 is 1.89 bits per heavy atom. The Morgan fingerprint density at radius 3 is 2.60 bits per heavy atom. The number of nitrogens with one attached hydrogen (secondary N) is 1. The highest BCUT2D eigenvalue weighted by Gasteiger charge is 2.34. The first kappa shape index (κ1) is 22.7. The lowest BCUT2D eigenvalue weighted by Crippen LogP contribution is -2.32. The Balaban J connectivity index is 1.81. The molecule has 3 heterocycles. The summed E-state index contributed by atoms with van der Waals surface area (Å²) in [7, 11) is 4.92. The number of hydrogen-bond acceptors (Lipinski definition) is 6. The fourth-order valence-corrected chi connectivity index (χ4v) is 4.92. The van der Waals surface area contributed by atoms with Crippen molar-refractivity contribution in [3.8, 4) is 28.4 Å². The summed E-state index contributed by atoms with van der Waals surface area (Å²) in [6.45, 7) is 6.30. The Hall–Kier alpha value is -4.13. The van der Waals surface area contributed by atoms with Crippen molar-refractivity contribution in [2.75, 3.05) is 26.5 Å². The zero-order valence-electron chi connectivity index (χ0n) is 20.6. The third-order valence-corrected chi connectivity index (χ3v) is 6.27. The van der Waals surface area contributed by atoms with Gasteiger partial charge in [-0.15, -0.1) is 0 Å². The van der Waals surface area contributed by atoms with Gasteiger partial charge in [-0.05, 0) is 50.6 Å². The van der Waals surface area contributed by atoms with E-state index in [0.717, 1.165) is 28.0 Å². The molecule has 0 saturated heterocycles. The van der Waals surface area contributed by atoms with Crippen LogP contribution in [0.5, 0.6) is 17.2 Å². The molecule has 2 aliphatic heterocycles. The first-order chi connectivity index (χ1) is 16.6. The molecule has 0 fully saturated rings. The van der Waals surface area contributed by atoms with Gasteiger partial charge >= 0.3 is 0 Å². The number of methoxy groups -OCH3 is 1. The minimum Gasteiger partial charge on any atom is -0.504 e. The van der Waals surface area contributed by atoms with E-state index in [1.54, 1.807) is 38.4 Å². The quantitative estimate of drug-likeness (QED) is 0.497. The second kappa shape index (κ2) is 7.98. The van der Waals surface area contributed by atoms with Gasteiger partial charge in [-0.25, -0.2) is 0 Å². The Labute approximate surface area is 204 Å². The maximum absolute atomic E-state index is 12.7. The maximum Gasteiger partial charge on any atom is 0.257 e. The molecule has 0 aliphatic carbocycles. The highest BCUT2D eigenvalue weighted by atomic mass is 16.5. The van der Waals surface area contributed by atoms with E-state index in [2.05, 4.69) is 32.2 Å². The highest BCUT2D eigenvalue weighted by molar-refractivity contribution is 6.04. The average molecular weight is 473 g/mol. The standard InChI is InChI=1S/C28H28N2O5/c1-15-14-28(2,3)29-18-8-7-17-24(23(15)18)22(13-21-16(11-12-34-21)27(32)30(4)5)35-20-10-9-19(31)26(33-6)25(17)20/h7-14,29,31H,1-6H3. The van der Waals surface area contributed by atoms with Crippen molar-refractivity contribution >= 4 is 29.0 Å².